The van der Waals surface area contributed by atoms with E-state index in [9.17, 15) is 13.2 Å². The molecule has 0 fully saturated rings. The quantitative estimate of drug-likeness (QED) is 0.629. The van der Waals surface area contributed by atoms with Crippen molar-refractivity contribution >= 4 is 0 Å². The molecule has 1 rings (SSSR count). The van der Waals surface area contributed by atoms with Crippen LogP contribution in [0.3, 0.4) is 0 Å². The first-order chi connectivity index (χ1) is 6.38. The molecule has 1 heterocycles. The van der Waals surface area contributed by atoms with E-state index in [2.05, 4.69) is 18.7 Å². The van der Waals surface area contributed by atoms with E-state index in [1.165, 1.54) is 0 Å². The standard InChI is InChI=1S/C10H16F3N/c1-8(2)14-5-3-9(4-6-14)7-10(11,12)13/h3,8H,4-7H2,1-2H3. The second-order valence-corrected chi connectivity index (χ2v) is 3.99. The molecule has 0 unspecified atom stereocenters. The largest absolute Gasteiger partial charge is 0.392 e. The smallest absolute Gasteiger partial charge is 0.297 e. The topological polar surface area (TPSA) is 3.24 Å². The molecule has 0 aliphatic carbocycles. The number of alkyl halides is 3. The highest BCUT2D eigenvalue weighted by molar-refractivity contribution is 5.08. The normalized spacial score (nSPS) is 20.0. The number of hydrogen-bond acceptors (Lipinski definition) is 1. The van der Waals surface area contributed by atoms with E-state index in [0.29, 0.717) is 24.6 Å². The minimum atomic E-state index is -4.05. The van der Waals surface area contributed by atoms with Crippen molar-refractivity contribution in [2.24, 2.45) is 0 Å². The van der Waals surface area contributed by atoms with Crippen LogP contribution in [0.4, 0.5) is 13.2 Å². The highest BCUT2D eigenvalue weighted by atomic mass is 19.4. The lowest BCUT2D eigenvalue weighted by Crippen LogP contribution is -2.35. The molecule has 14 heavy (non-hydrogen) atoms. The van der Waals surface area contributed by atoms with E-state index in [1.54, 1.807) is 6.08 Å². The van der Waals surface area contributed by atoms with Crippen LogP contribution in [0.2, 0.25) is 0 Å². The average Bonchev–Trinajstić information content (AvgIpc) is 2.02. The molecule has 0 saturated carbocycles. The van der Waals surface area contributed by atoms with Crippen molar-refractivity contribution < 1.29 is 13.2 Å². The van der Waals surface area contributed by atoms with E-state index < -0.39 is 12.6 Å². The summed E-state index contributed by atoms with van der Waals surface area (Å²) in [5, 5.41) is 0. The first-order valence-corrected chi connectivity index (χ1v) is 4.87. The Bertz CT molecular complexity index is 218. The zero-order valence-corrected chi connectivity index (χ0v) is 8.56. The molecule has 0 aromatic carbocycles. The zero-order valence-electron chi connectivity index (χ0n) is 8.56. The van der Waals surface area contributed by atoms with Gasteiger partial charge in [-0.2, -0.15) is 13.2 Å². The van der Waals surface area contributed by atoms with Crippen LogP contribution in [0.25, 0.3) is 0 Å². The van der Waals surface area contributed by atoms with Gasteiger partial charge in [-0.3, -0.25) is 4.90 Å². The van der Waals surface area contributed by atoms with Crippen molar-refractivity contribution in [1.29, 1.82) is 0 Å². The zero-order chi connectivity index (χ0) is 10.8. The Kier molecular flexibility index (Phi) is 3.59. The van der Waals surface area contributed by atoms with Crippen molar-refractivity contribution in [3.8, 4) is 0 Å². The van der Waals surface area contributed by atoms with Crippen LogP contribution >= 0.6 is 0 Å². The molecule has 0 atom stereocenters. The Hall–Kier alpha value is -0.510. The molecular weight excluding hydrogens is 191 g/mol. The second kappa shape index (κ2) is 4.34. The van der Waals surface area contributed by atoms with Gasteiger partial charge in [0.05, 0.1) is 6.42 Å². The van der Waals surface area contributed by atoms with E-state index >= 15 is 0 Å². The fraction of sp³-hybridized carbons (Fsp3) is 0.800. The molecule has 0 N–H and O–H groups in total. The Morgan fingerprint density at radius 1 is 1.43 bits per heavy atom. The molecule has 1 aliphatic heterocycles. The van der Waals surface area contributed by atoms with Crippen LogP contribution in [0.5, 0.6) is 0 Å². The van der Waals surface area contributed by atoms with Crippen LogP contribution in [0, 0.1) is 0 Å². The summed E-state index contributed by atoms with van der Waals surface area (Å²) in [6.45, 7) is 5.52. The summed E-state index contributed by atoms with van der Waals surface area (Å²) in [5.41, 5.74) is 0.536. The van der Waals surface area contributed by atoms with Crippen molar-refractivity contribution in [1.82, 2.24) is 4.90 Å². The monoisotopic (exact) mass is 207 g/mol. The molecule has 1 aliphatic rings. The van der Waals surface area contributed by atoms with Crippen LogP contribution in [-0.4, -0.2) is 30.2 Å². The third-order valence-electron chi connectivity index (χ3n) is 2.49. The maximum atomic E-state index is 12.0. The van der Waals surface area contributed by atoms with E-state index in [4.69, 9.17) is 0 Å². The Morgan fingerprint density at radius 2 is 2.07 bits per heavy atom. The SMILES string of the molecule is CC(C)N1CC=C(CC(F)(F)F)CC1. The third kappa shape index (κ3) is 3.70. The van der Waals surface area contributed by atoms with Crippen LogP contribution in [-0.2, 0) is 0 Å². The molecule has 0 radical (unpaired) electrons. The van der Waals surface area contributed by atoms with E-state index in [-0.39, 0.29) is 0 Å². The molecule has 1 nitrogen and oxygen atoms in total. The number of halogens is 3. The van der Waals surface area contributed by atoms with Crippen LogP contribution in [0.1, 0.15) is 26.7 Å². The number of rotatable bonds is 2. The van der Waals surface area contributed by atoms with Gasteiger partial charge in [0.15, 0.2) is 0 Å². The van der Waals surface area contributed by atoms with E-state index in [0.717, 1.165) is 6.54 Å². The van der Waals surface area contributed by atoms with Crippen molar-refractivity contribution in [3.05, 3.63) is 11.6 Å². The van der Waals surface area contributed by atoms with Gasteiger partial charge >= 0.3 is 6.18 Å². The minimum Gasteiger partial charge on any atom is -0.297 e. The molecule has 82 valence electrons. The maximum absolute atomic E-state index is 12.0. The van der Waals surface area contributed by atoms with Gasteiger partial charge in [-0.05, 0) is 20.3 Å². The van der Waals surface area contributed by atoms with Crippen molar-refractivity contribution in [2.75, 3.05) is 13.1 Å². The predicted octanol–water partition coefficient (Wildman–Crippen LogP) is 2.98. The molecule has 0 aromatic rings. The molecular formula is C10H16F3N. The summed E-state index contributed by atoms with van der Waals surface area (Å²) in [4.78, 5) is 2.17. The van der Waals surface area contributed by atoms with Gasteiger partial charge in [0, 0.05) is 19.1 Å². The molecule has 0 spiro atoms. The van der Waals surface area contributed by atoms with Gasteiger partial charge in [0.25, 0.3) is 0 Å². The molecule has 0 aromatic heterocycles. The highest BCUT2D eigenvalue weighted by Gasteiger charge is 2.29. The fourth-order valence-electron chi connectivity index (χ4n) is 1.61. The van der Waals surface area contributed by atoms with Crippen LogP contribution in [0.15, 0.2) is 11.6 Å². The first kappa shape index (κ1) is 11.6. The van der Waals surface area contributed by atoms with Gasteiger partial charge < -0.3 is 0 Å². The maximum Gasteiger partial charge on any atom is 0.392 e. The highest BCUT2D eigenvalue weighted by Crippen LogP contribution is 2.27. The molecule has 0 bridgehead atoms. The Balaban J connectivity index is 2.45. The first-order valence-electron chi connectivity index (χ1n) is 4.87. The summed E-state index contributed by atoms with van der Waals surface area (Å²) < 4.78 is 36.1. The van der Waals surface area contributed by atoms with Gasteiger partial charge in [0.2, 0.25) is 0 Å². The summed E-state index contributed by atoms with van der Waals surface area (Å²) >= 11 is 0. The summed E-state index contributed by atoms with van der Waals surface area (Å²) in [6, 6.07) is 0.415. The third-order valence-corrected chi connectivity index (χ3v) is 2.49. The summed E-state index contributed by atoms with van der Waals surface area (Å²) in [5.74, 6) is 0. The lowest BCUT2D eigenvalue weighted by molar-refractivity contribution is -0.127. The van der Waals surface area contributed by atoms with Gasteiger partial charge in [-0.1, -0.05) is 11.6 Å². The van der Waals surface area contributed by atoms with Crippen molar-refractivity contribution in [3.63, 3.8) is 0 Å². The summed E-state index contributed by atoms with van der Waals surface area (Å²) in [7, 11) is 0. The number of nitrogens with zero attached hydrogens (tertiary/aromatic N) is 1. The van der Waals surface area contributed by atoms with E-state index in [1.807, 2.05) is 0 Å². The Morgan fingerprint density at radius 3 is 2.43 bits per heavy atom. The Labute approximate surface area is 82.6 Å². The van der Waals surface area contributed by atoms with Crippen molar-refractivity contribution in [2.45, 2.75) is 38.9 Å². The van der Waals surface area contributed by atoms with Gasteiger partial charge in [-0.25, -0.2) is 0 Å². The second-order valence-electron chi connectivity index (χ2n) is 3.99. The lowest BCUT2D eigenvalue weighted by Gasteiger charge is -2.29. The molecule has 0 saturated heterocycles. The summed E-state index contributed by atoms with van der Waals surface area (Å²) in [6.07, 6.45) is -2.51. The molecule has 0 amide bonds. The lowest BCUT2D eigenvalue weighted by atomic mass is 10.0. The van der Waals surface area contributed by atoms with Gasteiger partial charge in [-0.15, -0.1) is 0 Å². The minimum absolute atomic E-state index is 0.415. The van der Waals surface area contributed by atoms with Crippen LogP contribution < -0.4 is 0 Å². The fourth-order valence-corrected chi connectivity index (χ4v) is 1.61. The predicted molar refractivity (Wildman–Crippen MR) is 50.1 cm³/mol. The number of hydrogen-bond donors (Lipinski definition) is 0. The van der Waals surface area contributed by atoms with Gasteiger partial charge in [0.1, 0.15) is 0 Å². The molecule has 4 heteroatoms. The average molecular weight is 207 g/mol.